The maximum atomic E-state index is 11.9. The highest BCUT2D eigenvalue weighted by Crippen LogP contribution is 2.23. The number of fused-ring (bicyclic) bond motifs is 1. The van der Waals surface area contributed by atoms with Crippen LogP contribution in [0.25, 0.3) is 16.9 Å². The van der Waals surface area contributed by atoms with Crippen LogP contribution in [-0.4, -0.2) is 36.3 Å². The Morgan fingerprint density at radius 2 is 2.08 bits per heavy atom. The summed E-state index contributed by atoms with van der Waals surface area (Å²) in [7, 11) is -2.68. The first-order chi connectivity index (χ1) is 11.3. The summed E-state index contributed by atoms with van der Waals surface area (Å²) in [5.41, 5.74) is 0.320. The number of rotatable bonds is 3. The SMILES string of the molecule is COC(=O)c1cn(-c2cccc(S(N)(=O)=O)c2)cc2c(=O)[nH]nc1-2. The van der Waals surface area contributed by atoms with Crippen LogP contribution in [-0.2, 0) is 14.8 Å². The van der Waals surface area contributed by atoms with E-state index in [1.165, 1.54) is 42.3 Å². The van der Waals surface area contributed by atoms with E-state index >= 15 is 0 Å². The number of nitrogens with one attached hydrogen (secondary N) is 1. The lowest BCUT2D eigenvalue weighted by Gasteiger charge is -2.12. The predicted molar refractivity (Wildman–Crippen MR) is 83.5 cm³/mol. The van der Waals surface area contributed by atoms with Crippen molar-refractivity contribution >= 4 is 16.0 Å². The number of carbonyl (C=O) groups is 1. The lowest BCUT2D eigenvalue weighted by atomic mass is 10.1. The number of methoxy groups -OCH3 is 1. The van der Waals surface area contributed by atoms with Gasteiger partial charge in [0, 0.05) is 18.1 Å². The number of pyridine rings is 1. The Morgan fingerprint density at radius 3 is 2.75 bits per heavy atom. The van der Waals surface area contributed by atoms with Gasteiger partial charge in [-0.1, -0.05) is 6.07 Å². The maximum Gasteiger partial charge on any atom is 0.341 e. The van der Waals surface area contributed by atoms with Crippen molar-refractivity contribution in [3.63, 3.8) is 0 Å². The van der Waals surface area contributed by atoms with Gasteiger partial charge in [0.1, 0.15) is 11.3 Å². The highest BCUT2D eigenvalue weighted by molar-refractivity contribution is 7.89. The molecule has 0 radical (unpaired) electrons. The van der Waals surface area contributed by atoms with Gasteiger partial charge in [0.05, 0.1) is 17.6 Å². The van der Waals surface area contributed by atoms with Crippen molar-refractivity contribution < 1.29 is 17.9 Å². The monoisotopic (exact) mass is 348 g/mol. The molecule has 2 aliphatic heterocycles. The van der Waals surface area contributed by atoms with E-state index in [2.05, 4.69) is 10.2 Å². The summed E-state index contributed by atoms with van der Waals surface area (Å²) in [4.78, 5) is 23.7. The first-order valence-electron chi connectivity index (χ1n) is 6.63. The van der Waals surface area contributed by atoms with Crippen LogP contribution >= 0.6 is 0 Å². The molecule has 3 rings (SSSR count). The minimum absolute atomic E-state index is 0.0642. The van der Waals surface area contributed by atoms with E-state index < -0.39 is 21.6 Å². The van der Waals surface area contributed by atoms with Gasteiger partial charge in [-0.15, -0.1) is 0 Å². The van der Waals surface area contributed by atoms with Crippen LogP contribution < -0.4 is 10.7 Å². The van der Waals surface area contributed by atoms with Gasteiger partial charge >= 0.3 is 5.97 Å². The molecule has 10 heteroatoms. The number of ether oxygens (including phenoxy) is 1. The van der Waals surface area contributed by atoms with E-state index in [0.29, 0.717) is 5.69 Å². The average molecular weight is 348 g/mol. The molecule has 0 amide bonds. The Balaban J connectivity index is 2.27. The van der Waals surface area contributed by atoms with Crippen molar-refractivity contribution in [3.05, 3.63) is 52.6 Å². The molecule has 0 saturated carbocycles. The van der Waals surface area contributed by atoms with Gasteiger partial charge in [0.2, 0.25) is 10.0 Å². The summed E-state index contributed by atoms with van der Waals surface area (Å²) in [6, 6.07) is 5.77. The predicted octanol–water partition coefficient (Wildman–Crippen LogP) is 0.0994. The maximum absolute atomic E-state index is 11.9. The number of benzene rings is 1. The summed E-state index contributed by atoms with van der Waals surface area (Å²) in [6.07, 6.45) is 2.84. The second-order valence-electron chi connectivity index (χ2n) is 4.93. The molecule has 124 valence electrons. The largest absolute Gasteiger partial charge is 0.465 e. The van der Waals surface area contributed by atoms with Gasteiger partial charge in [0.15, 0.2) is 0 Å². The zero-order valence-electron chi connectivity index (χ0n) is 12.4. The number of nitrogens with zero attached hydrogens (tertiary/aromatic N) is 2. The van der Waals surface area contributed by atoms with Crippen LogP contribution in [0.3, 0.4) is 0 Å². The molecule has 0 fully saturated rings. The summed E-state index contributed by atoms with van der Waals surface area (Å²) in [6.45, 7) is 0. The molecule has 3 N–H and O–H groups in total. The zero-order chi connectivity index (χ0) is 17.5. The Morgan fingerprint density at radius 1 is 1.33 bits per heavy atom. The number of aromatic nitrogens is 3. The fourth-order valence-electron chi connectivity index (χ4n) is 2.27. The number of primary sulfonamides is 1. The average Bonchev–Trinajstić information content (AvgIpc) is 2.94. The summed E-state index contributed by atoms with van der Waals surface area (Å²) >= 11 is 0. The molecule has 0 atom stereocenters. The van der Waals surface area contributed by atoms with E-state index in [4.69, 9.17) is 9.88 Å². The van der Waals surface area contributed by atoms with E-state index in [1.54, 1.807) is 6.07 Å². The van der Waals surface area contributed by atoms with E-state index in [0.717, 1.165) is 0 Å². The van der Waals surface area contributed by atoms with Crippen molar-refractivity contribution in [2.75, 3.05) is 7.11 Å². The van der Waals surface area contributed by atoms with Crippen molar-refractivity contribution in [1.29, 1.82) is 0 Å². The van der Waals surface area contributed by atoms with Gasteiger partial charge in [-0.25, -0.2) is 23.4 Å². The smallest absolute Gasteiger partial charge is 0.341 e. The Kier molecular flexibility index (Phi) is 3.70. The van der Waals surface area contributed by atoms with Crippen molar-refractivity contribution in [2.45, 2.75) is 4.90 Å². The van der Waals surface area contributed by atoms with Crippen LogP contribution in [0.15, 0.2) is 46.3 Å². The number of sulfonamides is 1. The molecule has 0 aliphatic carbocycles. The summed E-state index contributed by atoms with van der Waals surface area (Å²) in [5, 5.41) is 11.2. The second kappa shape index (κ2) is 5.58. The Labute approximate surface area is 136 Å². The molecule has 0 spiro atoms. The van der Waals surface area contributed by atoms with Crippen LogP contribution in [0.1, 0.15) is 10.4 Å². The normalized spacial score (nSPS) is 11.6. The molecule has 0 bridgehead atoms. The van der Waals surface area contributed by atoms with E-state index in [-0.39, 0.29) is 21.7 Å². The summed E-state index contributed by atoms with van der Waals surface area (Å²) < 4.78 is 29.1. The summed E-state index contributed by atoms with van der Waals surface area (Å²) in [5.74, 6) is -0.677. The van der Waals surface area contributed by atoms with Gasteiger partial charge in [-0.05, 0) is 18.2 Å². The van der Waals surface area contributed by atoms with E-state index in [9.17, 15) is 18.0 Å². The Bertz CT molecular complexity index is 1070. The number of aromatic amines is 1. The molecule has 9 nitrogen and oxygen atoms in total. The van der Waals surface area contributed by atoms with Crippen LogP contribution in [0.4, 0.5) is 0 Å². The third kappa shape index (κ3) is 2.68. The fourth-order valence-corrected chi connectivity index (χ4v) is 2.82. The van der Waals surface area contributed by atoms with Gasteiger partial charge < -0.3 is 9.30 Å². The van der Waals surface area contributed by atoms with Gasteiger partial charge in [0.25, 0.3) is 5.56 Å². The molecule has 2 heterocycles. The number of hydrogen-bond donors (Lipinski definition) is 2. The Hall–Kier alpha value is -2.98. The lowest BCUT2D eigenvalue weighted by molar-refractivity contribution is 0.0600. The van der Waals surface area contributed by atoms with Crippen molar-refractivity contribution in [1.82, 2.24) is 14.8 Å². The number of hydrogen-bond acceptors (Lipinski definition) is 6. The molecule has 2 aliphatic rings. The molecular weight excluding hydrogens is 336 g/mol. The highest BCUT2D eigenvalue weighted by atomic mass is 32.2. The minimum Gasteiger partial charge on any atom is -0.465 e. The molecule has 0 unspecified atom stereocenters. The van der Waals surface area contributed by atoms with E-state index in [1.807, 2.05) is 0 Å². The van der Waals surface area contributed by atoms with Gasteiger partial charge in [-0.2, -0.15) is 5.10 Å². The highest BCUT2D eigenvalue weighted by Gasteiger charge is 2.22. The molecular formula is C14H12N4O5S. The zero-order valence-corrected chi connectivity index (χ0v) is 13.2. The standard InChI is InChI=1S/C14H12N4O5S/c1-23-14(20)11-7-18(6-10-12(11)16-17-13(10)19)8-3-2-4-9(5-8)24(15,21)22/h2-7H,1H3,(H,17,19)(H2,15,21,22). The number of nitrogens with two attached hydrogens (primary N) is 1. The van der Waals surface area contributed by atoms with Crippen LogP contribution in [0, 0.1) is 0 Å². The lowest BCUT2D eigenvalue weighted by Crippen LogP contribution is -2.13. The third-order valence-corrected chi connectivity index (χ3v) is 4.32. The molecule has 1 aromatic rings. The van der Waals surface area contributed by atoms with Gasteiger partial charge in [-0.3, -0.25) is 4.79 Å². The number of esters is 1. The minimum atomic E-state index is -3.89. The van der Waals surface area contributed by atoms with Crippen molar-refractivity contribution in [2.24, 2.45) is 5.14 Å². The quantitative estimate of drug-likeness (QED) is 0.644. The van der Waals surface area contributed by atoms with Crippen LogP contribution in [0.5, 0.6) is 0 Å². The first kappa shape index (κ1) is 15.9. The second-order valence-corrected chi connectivity index (χ2v) is 6.49. The first-order valence-corrected chi connectivity index (χ1v) is 8.18. The molecule has 0 saturated heterocycles. The number of carbonyl (C=O) groups excluding carboxylic acids is 1. The molecule has 24 heavy (non-hydrogen) atoms. The van der Waals surface area contributed by atoms with Crippen molar-refractivity contribution in [3.8, 4) is 16.9 Å². The molecule has 1 aromatic carbocycles. The topological polar surface area (TPSA) is 137 Å². The fraction of sp³-hybridized carbons (Fsp3) is 0.0714. The van der Waals surface area contributed by atoms with Crippen LogP contribution in [0.2, 0.25) is 0 Å². The third-order valence-electron chi connectivity index (χ3n) is 3.41. The molecule has 0 aromatic heterocycles. The number of H-pyrrole nitrogens is 1.